The quantitative estimate of drug-likeness (QED) is 0.243. The summed E-state index contributed by atoms with van der Waals surface area (Å²) in [7, 11) is 1.75. The number of alkyl halides is 2. The lowest BCUT2D eigenvalue weighted by atomic mass is 9.70. The van der Waals surface area contributed by atoms with Crippen molar-refractivity contribution in [2.75, 3.05) is 39.8 Å². The molecule has 5 rings (SSSR count). The van der Waals surface area contributed by atoms with Crippen molar-refractivity contribution in [2.45, 2.75) is 78.5 Å². The van der Waals surface area contributed by atoms with E-state index in [0.717, 1.165) is 25.8 Å². The number of carbonyl (C=O) groups excluding carboxylic acids is 2. The molecule has 2 amide bonds. The number of methoxy groups -OCH3 is 1. The van der Waals surface area contributed by atoms with Gasteiger partial charge >= 0.3 is 0 Å². The predicted molar refractivity (Wildman–Crippen MR) is 143 cm³/mol. The van der Waals surface area contributed by atoms with Gasteiger partial charge in [-0.3, -0.25) is 20.2 Å². The van der Waals surface area contributed by atoms with E-state index >= 15 is 0 Å². The van der Waals surface area contributed by atoms with E-state index in [1.54, 1.807) is 18.9 Å². The number of carbonyl (C=O) groups is 2. The molecule has 11 unspecified atom stereocenters. The maximum atomic E-state index is 13.5. The zero-order chi connectivity index (χ0) is 25.4. The molecule has 0 aromatic rings. The number of rotatable bonds is 5. The summed E-state index contributed by atoms with van der Waals surface area (Å²) in [5.41, 5.74) is -0.233. The third-order valence-corrected chi connectivity index (χ3v) is 10.8. The first-order valence-electron chi connectivity index (χ1n) is 13.3. The maximum Gasteiger partial charge on any atom is 0.239 e. The van der Waals surface area contributed by atoms with E-state index in [2.05, 4.69) is 33.5 Å². The van der Waals surface area contributed by atoms with E-state index in [4.69, 9.17) is 27.9 Å². The maximum absolute atomic E-state index is 13.5. The van der Waals surface area contributed by atoms with Crippen LogP contribution >= 0.6 is 35.0 Å². The Hall–Kier alpha value is -0.330. The molecule has 0 aromatic heterocycles. The molecule has 0 radical (unpaired) electrons. The Morgan fingerprint density at radius 3 is 2.64 bits per heavy atom. The summed E-state index contributed by atoms with van der Waals surface area (Å²) in [6.45, 7) is 5.71. The largest absolute Gasteiger partial charge is 0.380 e. The van der Waals surface area contributed by atoms with Gasteiger partial charge in [0, 0.05) is 56.0 Å². The lowest BCUT2D eigenvalue weighted by Crippen LogP contribution is -2.57. The number of ether oxygens (including phenoxy) is 1. The molecule has 5 aliphatic heterocycles. The third kappa shape index (κ3) is 5.96. The Morgan fingerprint density at radius 2 is 1.89 bits per heavy atom. The molecular weight excluding hydrogens is 523 g/mol. The van der Waals surface area contributed by atoms with Gasteiger partial charge in [0.2, 0.25) is 11.8 Å². The Labute approximate surface area is 228 Å². The zero-order valence-corrected chi connectivity index (χ0v) is 23.4. The average Bonchev–Trinajstić information content (AvgIpc) is 3.42. The molecule has 5 saturated heterocycles. The monoisotopic (exact) mass is 562 g/mol. The Bertz CT molecular complexity index is 800. The van der Waals surface area contributed by atoms with Crippen molar-refractivity contribution in [1.29, 1.82) is 0 Å². The number of likely N-dealkylation sites (tertiary alicyclic amines) is 1. The van der Waals surface area contributed by atoms with Gasteiger partial charge in [-0.05, 0) is 51.0 Å². The van der Waals surface area contributed by atoms with Gasteiger partial charge in [-0.25, -0.2) is 0 Å². The Morgan fingerprint density at radius 1 is 1.06 bits per heavy atom. The Kier molecular flexibility index (Phi) is 8.94. The molecule has 36 heavy (non-hydrogen) atoms. The van der Waals surface area contributed by atoms with Gasteiger partial charge < -0.3 is 25.6 Å². The molecule has 0 saturated carbocycles. The van der Waals surface area contributed by atoms with Crippen LogP contribution in [0.2, 0.25) is 0 Å². The number of fused-ring (bicyclic) bond motifs is 1. The highest BCUT2D eigenvalue weighted by Crippen LogP contribution is 2.38. The topological polar surface area (TPSA) is 107 Å². The number of halogens is 2. The summed E-state index contributed by atoms with van der Waals surface area (Å²) < 4.78 is 5.80. The van der Waals surface area contributed by atoms with E-state index in [9.17, 15) is 9.59 Å². The highest BCUT2D eigenvalue weighted by Gasteiger charge is 2.47. The van der Waals surface area contributed by atoms with Crippen LogP contribution in [0.5, 0.6) is 0 Å². The van der Waals surface area contributed by atoms with E-state index < -0.39 is 0 Å². The summed E-state index contributed by atoms with van der Waals surface area (Å²) in [5.74, 6) is 0.546. The Balaban J connectivity index is 1.16. The lowest BCUT2D eigenvalue weighted by Gasteiger charge is -2.45. The van der Waals surface area contributed by atoms with Gasteiger partial charge in [0.1, 0.15) is 5.50 Å². The highest BCUT2D eigenvalue weighted by molar-refractivity contribution is 8.00. The second kappa shape index (κ2) is 11.8. The van der Waals surface area contributed by atoms with Crippen molar-refractivity contribution in [1.82, 2.24) is 31.5 Å². The summed E-state index contributed by atoms with van der Waals surface area (Å²) in [5, 5.41) is 17.3. The molecule has 0 aromatic carbocycles. The van der Waals surface area contributed by atoms with Crippen LogP contribution in [0.4, 0.5) is 0 Å². The summed E-state index contributed by atoms with van der Waals surface area (Å²) in [4.78, 5) is 28.5. The van der Waals surface area contributed by atoms with E-state index in [1.165, 1.54) is 0 Å². The lowest BCUT2D eigenvalue weighted by molar-refractivity contribution is -0.133. The standard InChI is InChI=1S/C24H40Cl2N6O3S/c1-12-5-14(15-7-21(26)29-9-19(15)35-2)16(8-28-12)22(33)31-24-30-18-10-32(11-20(18)36-24)23(34)17-6-13(25)3-4-27-17/h12-21,24,27-30H,3-11H2,1-2H3,(H,31,33). The van der Waals surface area contributed by atoms with Crippen LogP contribution in [0.15, 0.2) is 0 Å². The van der Waals surface area contributed by atoms with Crippen LogP contribution in [0.1, 0.15) is 32.6 Å². The van der Waals surface area contributed by atoms with Crippen LogP contribution in [0, 0.1) is 17.8 Å². The molecule has 5 fully saturated rings. The van der Waals surface area contributed by atoms with E-state index in [1.807, 2.05) is 4.90 Å². The first-order valence-corrected chi connectivity index (χ1v) is 15.2. The zero-order valence-electron chi connectivity index (χ0n) is 21.1. The highest BCUT2D eigenvalue weighted by atomic mass is 35.5. The number of hydrogen-bond donors (Lipinski definition) is 5. The molecule has 9 nitrogen and oxygen atoms in total. The van der Waals surface area contributed by atoms with E-state index in [0.29, 0.717) is 38.6 Å². The molecule has 0 aliphatic carbocycles. The minimum absolute atomic E-state index is 0.0557. The fourth-order valence-corrected chi connectivity index (χ4v) is 8.72. The van der Waals surface area contributed by atoms with Crippen LogP contribution in [0.3, 0.4) is 0 Å². The summed E-state index contributed by atoms with van der Waals surface area (Å²) in [6.07, 6.45) is 3.37. The smallest absolute Gasteiger partial charge is 0.239 e. The fraction of sp³-hybridized carbons (Fsp3) is 0.917. The van der Waals surface area contributed by atoms with Gasteiger partial charge in [0.05, 0.1) is 23.6 Å². The molecule has 11 atom stereocenters. The van der Waals surface area contributed by atoms with Crippen LogP contribution < -0.4 is 26.6 Å². The number of thioether (sulfide) groups is 1. The molecule has 204 valence electrons. The number of amides is 2. The van der Waals surface area contributed by atoms with Crippen LogP contribution in [-0.4, -0.2) is 102 Å². The van der Waals surface area contributed by atoms with Gasteiger partial charge in [-0.2, -0.15) is 0 Å². The first kappa shape index (κ1) is 27.2. The molecule has 5 N–H and O–H groups in total. The van der Waals surface area contributed by atoms with Gasteiger partial charge in [0.25, 0.3) is 0 Å². The average molecular weight is 564 g/mol. The van der Waals surface area contributed by atoms with Crippen molar-refractivity contribution in [3.63, 3.8) is 0 Å². The number of hydrogen-bond acceptors (Lipinski definition) is 8. The number of piperidine rings is 3. The van der Waals surface area contributed by atoms with Gasteiger partial charge in [0.15, 0.2) is 0 Å². The summed E-state index contributed by atoms with van der Waals surface area (Å²) >= 11 is 14.5. The molecule has 5 aliphatic rings. The summed E-state index contributed by atoms with van der Waals surface area (Å²) in [6, 6.07) is 0.353. The predicted octanol–water partition coefficient (Wildman–Crippen LogP) is 0.465. The van der Waals surface area contributed by atoms with Crippen molar-refractivity contribution < 1.29 is 14.3 Å². The van der Waals surface area contributed by atoms with Crippen LogP contribution in [0.25, 0.3) is 0 Å². The number of nitrogens with one attached hydrogen (secondary N) is 5. The minimum atomic E-state index is -0.183. The molecule has 0 bridgehead atoms. The van der Waals surface area contributed by atoms with Gasteiger partial charge in [-0.1, -0.05) is 0 Å². The molecular formula is C24H40Cl2N6O3S. The molecule has 12 heteroatoms. The van der Waals surface area contributed by atoms with Crippen molar-refractivity contribution in [3.05, 3.63) is 0 Å². The second-order valence-corrected chi connectivity index (χ2v) is 13.6. The minimum Gasteiger partial charge on any atom is -0.380 e. The number of nitrogens with zero attached hydrogens (tertiary/aromatic N) is 1. The SMILES string of the molecule is COC1CNC(Cl)CC1C1CC(C)NCC1C(=O)NC1NC2CN(C(=O)C3CC(Cl)CCN3)CC2S1. The fourth-order valence-electron chi connectivity index (χ4n) is 6.73. The molecule has 0 spiro atoms. The van der Waals surface area contributed by atoms with Crippen molar-refractivity contribution >= 4 is 46.8 Å². The second-order valence-electron chi connectivity index (χ2n) is 11.1. The first-order chi connectivity index (χ1) is 17.3. The van der Waals surface area contributed by atoms with Crippen molar-refractivity contribution in [2.24, 2.45) is 17.8 Å². The molecule has 5 heterocycles. The van der Waals surface area contributed by atoms with E-state index in [-0.39, 0.29) is 69.4 Å². The normalized spacial score (nSPS) is 45.3. The van der Waals surface area contributed by atoms with Gasteiger partial charge in [-0.15, -0.1) is 35.0 Å². The van der Waals surface area contributed by atoms with Crippen molar-refractivity contribution in [3.8, 4) is 0 Å². The van der Waals surface area contributed by atoms with Crippen LogP contribution in [-0.2, 0) is 14.3 Å². The third-order valence-electron chi connectivity index (χ3n) is 8.68.